The first-order valence-corrected chi connectivity index (χ1v) is 6.19. The summed E-state index contributed by atoms with van der Waals surface area (Å²) in [5.74, 6) is -1.44. The van der Waals surface area contributed by atoms with Crippen LogP contribution in [-0.2, 0) is 12.8 Å². The predicted octanol–water partition coefficient (Wildman–Crippen LogP) is 3.08. The van der Waals surface area contributed by atoms with Crippen LogP contribution in [0, 0.1) is 11.6 Å². The van der Waals surface area contributed by atoms with E-state index >= 15 is 0 Å². The number of pyridine rings is 1. The second-order valence-electron chi connectivity index (χ2n) is 4.78. The number of aromatic amines is 1. The highest BCUT2D eigenvalue weighted by Gasteiger charge is 2.17. The molecule has 0 unspecified atom stereocenters. The van der Waals surface area contributed by atoms with Crippen molar-refractivity contribution in [1.29, 1.82) is 0 Å². The van der Waals surface area contributed by atoms with E-state index in [0.29, 0.717) is 12.0 Å². The van der Waals surface area contributed by atoms with Crippen molar-refractivity contribution in [3.05, 3.63) is 45.2 Å². The summed E-state index contributed by atoms with van der Waals surface area (Å²) in [6.45, 7) is 0. The van der Waals surface area contributed by atoms with Crippen LogP contribution >= 0.6 is 0 Å². The van der Waals surface area contributed by atoms with E-state index in [4.69, 9.17) is 0 Å². The van der Waals surface area contributed by atoms with Gasteiger partial charge in [-0.2, -0.15) is 0 Å². The minimum Gasteiger partial charge on any atom is -0.358 e. The van der Waals surface area contributed by atoms with E-state index in [1.807, 2.05) is 0 Å². The number of aromatic nitrogens is 1. The molecule has 0 aliphatic heterocycles. The summed E-state index contributed by atoms with van der Waals surface area (Å²) in [5, 5.41) is -0.0166. The molecule has 1 aliphatic rings. The molecule has 94 valence electrons. The highest BCUT2D eigenvalue weighted by Crippen LogP contribution is 2.21. The molecule has 4 heteroatoms. The van der Waals surface area contributed by atoms with Crippen LogP contribution in [0.2, 0.25) is 0 Å². The van der Waals surface area contributed by atoms with Crippen LogP contribution in [-0.4, -0.2) is 4.98 Å². The molecular weight excluding hydrogens is 236 g/mol. The van der Waals surface area contributed by atoms with Crippen LogP contribution in [0.4, 0.5) is 8.78 Å². The lowest BCUT2D eigenvalue weighted by molar-refractivity contribution is 0.591. The Morgan fingerprint density at radius 1 is 1.06 bits per heavy atom. The molecule has 0 spiro atoms. The highest BCUT2D eigenvalue weighted by atomic mass is 19.1. The van der Waals surface area contributed by atoms with Crippen LogP contribution in [0.5, 0.6) is 0 Å². The average molecular weight is 249 g/mol. The van der Waals surface area contributed by atoms with Crippen LogP contribution in [0.3, 0.4) is 0 Å². The summed E-state index contributed by atoms with van der Waals surface area (Å²) < 4.78 is 26.9. The van der Waals surface area contributed by atoms with Gasteiger partial charge >= 0.3 is 0 Å². The Morgan fingerprint density at radius 3 is 2.67 bits per heavy atom. The lowest BCUT2D eigenvalue weighted by atomic mass is 10.0. The van der Waals surface area contributed by atoms with Gasteiger partial charge in [-0.05, 0) is 31.7 Å². The predicted molar refractivity (Wildman–Crippen MR) is 65.7 cm³/mol. The molecule has 0 fully saturated rings. The van der Waals surface area contributed by atoms with Crippen molar-refractivity contribution in [2.24, 2.45) is 0 Å². The molecule has 0 bridgehead atoms. The van der Waals surface area contributed by atoms with Crippen molar-refractivity contribution in [2.45, 2.75) is 32.1 Å². The van der Waals surface area contributed by atoms with E-state index in [2.05, 4.69) is 4.98 Å². The normalized spacial score (nSPS) is 15.4. The van der Waals surface area contributed by atoms with Crippen molar-refractivity contribution in [3.63, 3.8) is 0 Å². The van der Waals surface area contributed by atoms with Gasteiger partial charge in [0, 0.05) is 17.3 Å². The molecular formula is C14H13F2NO. The van der Waals surface area contributed by atoms with E-state index in [-0.39, 0.29) is 16.3 Å². The molecule has 1 aromatic heterocycles. The zero-order valence-electron chi connectivity index (χ0n) is 9.85. The number of aryl methyl sites for hydroxylation is 1. The number of H-pyrrole nitrogens is 1. The SMILES string of the molecule is O=c1c2c([nH]c3cc(F)cc(F)c13)CCCCC2. The molecule has 2 aromatic rings. The lowest BCUT2D eigenvalue weighted by Crippen LogP contribution is -2.15. The second kappa shape index (κ2) is 4.19. The fraction of sp³-hybridized carbons (Fsp3) is 0.357. The Hall–Kier alpha value is -1.71. The molecule has 0 saturated heterocycles. The first-order chi connectivity index (χ1) is 8.66. The number of hydrogen-bond acceptors (Lipinski definition) is 1. The highest BCUT2D eigenvalue weighted by molar-refractivity contribution is 5.80. The largest absolute Gasteiger partial charge is 0.358 e. The van der Waals surface area contributed by atoms with Gasteiger partial charge in [0.25, 0.3) is 0 Å². The Balaban J connectivity index is 2.38. The number of fused-ring (bicyclic) bond motifs is 2. The molecule has 3 rings (SSSR count). The van der Waals surface area contributed by atoms with Crippen LogP contribution in [0.25, 0.3) is 10.9 Å². The van der Waals surface area contributed by atoms with Gasteiger partial charge in [-0.25, -0.2) is 8.78 Å². The van der Waals surface area contributed by atoms with Crippen LogP contribution < -0.4 is 5.43 Å². The molecule has 0 radical (unpaired) electrons. The summed E-state index contributed by atoms with van der Waals surface area (Å²) in [5.41, 5.74) is 1.50. The van der Waals surface area contributed by atoms with Gasteiger partial charge in [-0.15, -0.1) is 0 Å². The fourth-order valence-electron chi connectivity index (χ4n) is 2.69. The van der Waals surface area contributed by atoms with E-state index in [0.717, 1.165) is 37.4 Å². The molecule has 0 amide bonds. The Labute approximate surface area is 103 Å². The average Bonchev–Trinajstić information content (AvgIpc) is 2.53. The molecule has 1 N–H and O–H groups in total. The summed E-state index contributed by atoms with van der Waals surface area (Å²) in [6, 6.07) is 1.95. The maximum absolute atomic E-state index is 13.7. The monoisotopic (exact) mass is 249 g/mol. The van der Waals surface area contributed by atoms with Crippen molar-refractivity contribution in [1.82, 2.24) is 4.98 Å². The second-order valence-corrected chi connectivity index (χ2v) is 4.78. The van der Waals surface area contributed by atoms with Crippen molar-refractivity contribution in [2.75, 3.05) is 0 Å². The number of nitrogens with one attached hydrogen (secondary N) is 1. The van der Waals surface area contributed by atoms with Gasteiger partial charge in [0.1, 0.15) is 11.6 Å². The van der Waals surface area contributed by atoms with E-state index in [1.54, 1.807) is 0 Å². The number of rotatable bonds is 0. The van der Waals surface area contributed by atoms with Gasteiger partial charge in [-0.3, -0.25) is 4.79 Å². The Bertz CT molecular complexity index is 676. The zero-order chi connectivity index (χ0) is 12.7. The van der Waals surface area contributed by atoms with Crippen molar-refractivity contribution in [3.8, 4) is 0 Å². The number of hydrogen-bond donors (Lipinski definition) is 1. The summed E-state index contributed by atoms with van der Waals surface area (Å²) in [4.78, 5) is 15.3. The smallest absolute Gasteiger partial charge is 0.195 e. The third-order valence-electron chi connectivity index (χ3n) is 3.56. The topological polar surface area (TPSA) is 32.9 Å². The minimum atomic E-state index is -0.779. The lowest BCUT2D eigenvalue weighted by Gasteiger charge is -2.08. The van der Waals surface area contributed by atoms with Gasteiger partial charge in [0.15, 0.2) is 5.43 Å². The minimum absolute atomic E-state index is 0.0166. The standard InChI is InChI=1S/C14H13F2NO/c15-8-6-10(16)13-12(7-8)17-11-5-3-1-2-4-9(11)14(13)18/h6-7H,1-5H2,(H,17,18). The quantitative estimate of drug-likeness (QED) is 0.715. The third kappa shape index (κ3) is 1.72. The maximum Gasteiger partial charge on any atom is 0.195 e. The molecule has 0 saturated carbocycles. The van der Waals surface area contributed by atoms with E-state index < -0.39 is 11.6 Å². The van der Waals surface area contributed by atoms with Crippen molar-refractivity contribution >= 4 is 10.9 Å². The Kier molecular flexibility index (Phi) is 2.65. The van der Waals surface area contributed by atoms with Gasteiger partial charge in [-0.1, -0.05) is 6.42 Å². The Morgan fingerprint density at radius 2 is 1.83 bits per heavy atom. The van der Waals surface area contributed by atoms with Gasteiger partial charge in [0.2, 0.25) is 0 Å². The fourth-order valence-corrected chi connectivity index (χ4v) is 2.69. The molecule has 1 heterocycles. The first kappa shape index (κ1) is 11.4. The van der Waals surface area contributed by atoms with Crippen LogP contribution in [0.1, 0.15) is 30.5 Å². The zero-order valence-corrected chi connectivity index (χ0v) is 9.85. The summed E-state index contributed by atoms with van der Waals surface area (Å²) in [7, 11) is 0. The third-order valence-corrected chi connectivity index (χ3v) is 3.56. The molecule has 1 aromatic carbocycles. The molecule has 0 atom stereocenters. The van der Waals surface area contributed by atoms with Crippen molar-refractivity contribution < 1.29 is 8.78 Å². The molecule has 2 nitrogen and oxygen atoms in total. The summed E-state index contributed by atoms with van der Waals surface area (Å²) in [6.07, 6.45) is 4.47. The van der Waals surface area contributed by atoms with Crippen LogP contribution in [0.15, 0.2) is 16.9 Å². The summed E-state index contributed by atoms with van der Waals surface area (Å²) >= 11 is 0. The van der Waals surface area contributed by atoms with Gasteiger partial charge in [0.05, 0.1) is 10.9 Å². The van der Waals surface area contributed by atoms with Gasteiger partial charge < -0.3 is 4.98 Å². The molecule has 1 aliphatic carbocycles. The van der Waals surface area contributed by atoms with E-state index in [9.17, 15) is 13.6 Å². The maximum atomic E-state index is 13.7. The molecule has 18 heavy (non-hydrogen) atoms. The first-order valence-electron chi connectivity index (χ1n) is 6.19. The number of benzene rings is 1. The number of halogens is 2. The van der Waals surface area contributed by atoms with E-state index in [1.165, 1.54) is 6.07 Å².